The zero-order valence-corrected chi connectivity index (χ0v) is 13.0. The Balaban J connectivity index is 1.98. The Labute approximate surface area is 125 Å². The zero-order chi connectivity index (χ0) is 14.5. The molecule has 0 unspecified atom stereocenters. The normalized spacial score (nSPS) is 14.2. The smallest absolute Gasteiger partial charge is 0.237 e. The SMILES string of the molecule is CCN(C(=O)CSc1cc(C)ccc1N)C1=CCCC1. The first kappa shape index (κ1) is 15.0. The Bertz CT molecular complexity index is 525. The second-order valence-electron chi connectivity index (χ2n) is 5.06. The van der Waals surface area contributed by atoms with Gasteiger partial charge in [0.05, 0.1) is 5.75 Å². The van der Waals surface area contributed by atoms with Crippen molar-refractivity contribution in [2.24, 2.45) is 0 Å². The van der Waals surface area contributed by atoms with Gasteiger partial charge in [-0.2, -0.15) is 0 Å². The molecule has 1 aromatic carbocycles. The number of carbonyl (C=O) groups excluding carboxylic acids is 1. The molecule has 108 valence electrons. The maximum absolute atomic E-state index is 12.4. The summed E-state index contributed by atoms with van der Waals surface area (Å²) in [6.45, 7) is 4.81. The zero-order valence-electron chi connectivity index (χ0n) is 12.2. The molecule has 1 aromatic rings. The second-order valence-corrected chi connectivity index (χ2v) is 6.07. The van der Waals surface area contributed by atoms with Crippen molar-refractivity contribution in [3.63, 3.8) is 0 Å². The average molecular weight is 290 g/mol. The fourth-order valence-corrected chi connectivity index (χ4v) is 3.36. The monoisotopic (exact) mass is 290 g/mol. The molecular weight excluding hydrogens is 268 g/mol. The highest BCUT2D eigenvalue weighted by Crippen LogP contribution is 2.28. The minimum absolute atomic E-state index is 0.173. The van der Waals surface area contributed by atoms with Gasteiger partial charge in [-0.3, -0.25) is 4.79 Å². The molecule has 2 N–H and O–H groups in total. The summed E-state index contributed by atoms with van der Waals surface area (Å²) in [5, 5.41) is 0. The van der Waals surface area contributed by atoms with Gasteiger partial charge in [-0.05, 0) is 50.8 Å². The molecule has 0 bridgehead atoms. The minimum Gasteiger partial charge on any atom is -0.398 e. The number of nitrogen functional groups attached to an aromatic ring is 1. The van der Waals surface area contributed by atoms with Crippen molar-refractivity contribution in [3.05, 3.63) is 35.5 Å². The number of hydrogen-bond donors (Lipinski definition) is 1. The Hall–Kier alpha value is -1.42. The lowest BCUT2D eigenvalue weighted by Gasteiger charge is -2.22. The van der Waals surface area contributed by atoms with E-state index < -0.39 is 0 Å². The Kier molecular flexibility index (Phi) is 5.12. The number of aryl methyl sites for hydroxylation is 1. The first-order chi connectivity index (χ1) is 9.61. The van der Waals surface area contributed by atoms with Crippen LogP contribution in [0.2, 0.25) is 0 Å². The summed E-state index contributed by atoms with van der Waals surface area (Å²) >= 11 is 1.53. The summed E-state index contributed by atoms with van der Waals surface area (Å²) in [7, 11) is 0. The maximum Gasteiger partial charge on any atom is 0.237 e. The quantitative estimate of drug-likeness (QED) is 0.666. The molecule has 1 amide bonds. The van der Waals surface area contributed by atoms with Crippen molar-refractivity contribution >= 4 is 23.4 Å². The molecule has 0 saturated heterocycles. The highest BCUT2D eigenvalue weighted by molar-refractivity contribution is 8.00. The number of anilines is 1. The Morgan fingerprint density at radius 2 is 2.25 bits per heavy atom. The van der Waals surface area contributed by atoms with Crippen LogP contribution in [0.3, 0.4) is 0 Å². The van der Waals surface area contributed by atoms with Gasteiger partial charge in [0.2, 0.25) is 5.91 Å². The van der Waals surface area contributed by atoms with Gasteiger partial charge in [0, 0.05) is 22.8 Å². The van der Waals surface area contributed by atoms with Crippen molar-refractivity contribution in [3.8, 4) is 0 Å². The molecule has 0 aromatic heterocycles. The predicted octanol–water partition coefficient (Wildman–Crippen LogP) is 3.59. The molecule has 1 aliphatic carbocycles. The maximum atomic E-state index is 12.4. The van der Waals surface area contributed by atoms with Gasteiger partial charge in [-0.25, -0.2) is 0 Å². The first-order valence-electron chi connectivity index (χ1n) is 7.10. The number of benzene rings is 1. The van der Waals surface area contributed by atoms with Gasteiger partial charge in [0.25, 0.3) is 0 Å². The number of hydrogen-bond acceptors (Lipinski definition) is 3. The molecule has 3 nitrogen and oxygen atoms in total. The molecule has 20 heavy (non-hydrogen) atoms. The van der Waals surface area contributed by atoms with E-state index in [1.807, 2.05) is 36.9 Å². The van der Waals surface area contributed by atoms with E-state index >= 15 is 0 Å². The van der Waals surface area contributed by atoms with E-state index in [-0.39, 0.29) is 5.91 Å². The third-order valence-corrected chi connectivity index (χ3v) is 4.56. The summed E-state index contributed by atoms with van der Waals surface area (Å²) in [4.78, 5) is 15.3. The summed E-state index contributed by atoms with van der Waals surface area (Å²) in [6, 6.07) is 5.93. The largest absolute Gasteiger partial charge is 0.398 e. The molecule has 0 saturated carbocycles. The number of thioether (sulfide) groups is 1. The molecule has 1 aliphatic rings. The molecule has 0 spiro atoms. The number of amides is 1. The van der Waals surface area contributed by atoms with Crippen molar-refractivity contribution in [2.45, 2.75) is 38.0 Å². The molecule has 0 aliphatic heterocycles. The van der Waals surface area contributed by atoms with Crippen LogP contribution in [0.5, 0.6) is 0 Å². The van der Waals surface area contributed by atoms with Crippen LogP contribution in [0.1, 0.15) is 31.7 Å². The van der Waals surface area contributed by atoms with Crippen LogP contribution in [0, 0.1) is 6.92 Å². The number of allylic oxidation sites excluding steroid dienone is 2. The third kappa shape index (κ3) is 3.57. The lowest BCUT2D eigenvalue weighted by atomic mass is 10.2. The number of rotatable bonds is 5. The Morgan fingerprint density at radius 3 is 2.90 bits per heavy atom. The van der Waals surface area contributed by atoms with Gasteiger partial charge in [0.15, 0.2) is 0 Å². The van der Waals surface area contributed by atoms with Crippen molar-refractivity contribution < 1.29 is 4.79 Å². The minimum atomic E-state index is 0.173. The van der Waals surface area contributed by atoms with Crippen LogP contribution in [-0.2, 0) is 4.79 Å². The summed E-state index contributed by atoms with van der Waals surface area (Å²) in [6.07, 6.45) is 5.47. The van der Waals surface area contributed by atoms with Gasteiger partial charge in [0.1, 0.15) is 0 Å². The topological polar surface area (TPSA) is 46.3 Å². The van der Waals surface area contributed by atoms with Gasteiger partial charge < -0.3 is 10.6 Å². The van der Waals surface area contributed by atoms with Crippen LogP contribution < -0.4 is 5.73 Å². The van der Waals surface area contributed by atoms with E-state index in [0.29, 0.717) is 5.75 Å². The summed E-state index contributed by atoms with van der Waals surface area (Å²) < 4.78 is 0. The van der Waals surface area contributed by atoms with E-state index in [1.54, 1.807) is 0 Å². The molecule has 0 heterocycles. The Morgan fingerprint density at radius 1 is 1.45 bits per heavy atom. The third-order valence-electron chi connectivity index (χ3n) is 3.50. The predicted molar refractivity (Wildman–Crippen MR) is 85.6 cm³/mol. The fraction of sp³-hybridized carbons (Fsp3) is 0.438. The number of nitrogens with zero attached hydrogens (tertiary/aromatic N) is 1. The molecule has 2 rings (SSSR count). The van der Waals surface area contributed by atoms with Crippen LogP contribution >= 0.6 is 11.8 Å². The van der Waals surface area contributed by atoms with Gasteiger partial charge in [-0.15, -0.1) is 11.8 Å². The molecule has 0 atom stereocenters. The molecule has 0 fully saturated rings. The van der Waals surface area contributed by atoms with E-state index in [9.17, 15) is 4.79 Å². The first-order valence-corrected chi connectivity index (χ1v) is 8.08. The van der Waals surface area contributed by atoms with Crippen molar-refractivity contribution in [2.75, 3.05) is 18.0 Å². The fourth-order valence-electron chi connectivity index (χ4n) is 2.42. The van der Waals surface area contributed by atoms with Gasteiger partial charge in [-0.1, -0.05) is 12.1 Å². The molecule has 4 heteroatoms. The van der Waals surface area contributed by atoms with Crippen molar-refractivity contribution in [1.29, 1.82) is 0 Å². The van der Waals surface area contributed by atoms with E-state index in [4.69, 9.17) is 5.73 Å². The van der Waals surface area contributed by atoms with E-state index in [2.05, 4.69) is 6.08 Å². The molecule has 0 radical (unpaired) electrons. The number of nitrogens with two attached hydrogens (primary N) is 1. The highest BCUT2D eigenvalue weighted by Gasteiger charge is 2.18. The van der Waals surface area contributed by atoms with Crippen LogP contribution in [0.4, 0.5) is 5.69 Å². The van der Waals surface area contributed by atoms with E-state index in [0.717, 1.165) is 36.4 Å². The standard InChI is InChI=1S/C16H22N2OS/c1-3-18(13-6-4-5-7-13)16(19)11-20-15-10-12(2)8-9-14(15)17/h6,8-10H,3-5,7,11,17H2,1-2H3. The van der Waals surface area contributed by atoms with Crippen LogP contribution in [0.25, 0.3) is 0 Å². The van der Waals surface area contributed by atoms with Crippen molar-refractivity contribution in [1.82, 2.24) is 4.90 Å². The number of carbonyl (C=O) groups is 1. The second kappa shape index (κ2) is 6.84. The summed E-state index contributed by atoms with van der Waals surface area (Å²) in [5.41, 5.74) is 9.05. The summed E-state index contributed by atoms with van der Waals surface area (Å²) in [5.74, 6) is 0.616. The highest BCUT2D eigenvalue weighted by atomic mass is 32.2. The lowest BCUT2D eigenvalue weighted by Crippen LogP contribution is -2.31. The average Bonchev–Trinajstić information content (AvgIpc) is 2.94. The lowest BCUT2D eigenvalue weighted by molar-refractivity contribution is -0.126. The van der Waals surface area contributed by atoms with Crippen LogP contribution in [0.15, 0.2) is 34.9 Å². The van der Waals surface area contributed by atoms with Gasteiger partial charge >= 0.3 is 0 Å². The molecular formula is C16H22N2OS. The van der Waals surface area contributed by atoms with E-state index in [1.165, 1.54) is 23.0 Å². The van der Waals surface area contributed by atoms with Crippen LogP contribution in [-0.4, -0.2) is 23.1 Å².